The lowest BCUT2D eigenvalue weighted by Gasteiger charge is -2.23. The molecule has 5 rings (SSSR count). The van der Waals surface area contributed by atoms with Gasteiger partial charge in [-0.3, -0.25) is 4.79 Å². The molecule has 0 aliphatic carbocycles. The average Bonchev–Trinajstić information content (AvgIpc) is 2.95. The second kappa shape index (κ2) is 7.36. The van der Waals surface area contributed by atoms with Crippen LogP contribution < -0.4 is 20.5 Å². The highest BCUT2D eigenvalue weighted by Gasteiger charge is 2.27. The third-order valence-corrected chi connectivity index (χ3v) is 5.63. The second-order valence-electron chi connectivity index (χ2n) is 7.42. The maximum absolute atomic E-state index is 13.3. The Balaban J connectivity index is 1.78. The Morgan fingerprint density at radius 1 is 1.03 bits per heavy atom. The van der Waals surface area contributed by atoms with Gasteiger partial charge in [0.2, 0.25) is 0 Å². The molecule has 0 bridgehead atoms. The molecule has 0 spiro atoms. The number of methoxy groups -OCH3 is 2. The first-order chi connectivity index (χ1) is 15.1. The molecule has 7 nitrogen and oxygen atoms in total. The zero-order valence-corrected chi connectivity index (χ0v) is 17.1. The van der Waals surface area contributed by atoms with Gasteiger partial charge in [-0.1, -0.05) is 24.3 Å². The molecule has 3 aromatic carbocycles. The summed E-state index contributed by atoms with van der Waals surface area (Å²) in [7, 11) is 3.19. The van der Waals surface area contributed by atoms with Gasteiger partial charge in [-0.15, -0.1) is 0 Å². The molecule has 4 aromatic rings. The number of phenols is 1. The molecular weight excluding hydrogens is 394 g/mol. The minimum Gasteiger partial charge on any atom is -0.508 e. The molecule has 7 heteroatoms. The van der Waals surface area contributed by atoms with Gasteiger partial charge in [-0.25, -0.2) is 9.66 Å². The summed E-state index contributed by atoms with van der Waals surface area (Å²) in [4.78, 5) is 18.1. The van der Waals surface area contributed by atoms with Gasteiger partial charge in [0.05, 0.1) is 31.2 Å². The van der Waals surface area contributed by atoms with E-state index in [1.807, 2.05) is 42.5 Å². The molecule has 2 heterocycles. The summed E-state index contributed by atoms with van der Waals surface area (Å²) in [5.41, 5.74) is 6.67. The molecular formula is C24H21N3O4. The van der Waals surface area contributed by atoms with Gasteiger partial charge in [0.1, 0.15) is 11.6 Å². The highest BCUT2D eigenvalue weighted by molar-refractivity contribution is 5.77. The lowest BCUT2D eigenvalue weighted by Crippen LogP contribution is -2.34. The van der Waals surface area contributed by atoms with Crippen molar-refractivity contribution in [2.75, 3.05) is 19.6 Å². The first-order valence-corrected chi connectivity index (χ1v) is 9.90. The molecule has 0 radical (unpaired) electrons. The van der Waals surface area contributed by atoms with E-state index in [0.717, 1.165) is 16.7 Å². The van der Waals surface area contributed by atoms with Gasteiger partial charge < -0.3 is 20.0 Å². The number of hydrogen-bond donors (Lipinski definition) is 2. The fourth-order valence-corrected chi connectivity index (χ4v) is 4.08. The van der Waals surface area contributed by atoms with Crippen molar-refractivity contribution in [1.82, 2.24) is 9.66 Å². The van der Waals surface area contributed by atoms with Crippen LogP contribution in [0.4, 0.5) is 0 Å². The summed E-state index contributed by atoms with van der Waals surface area (Å²) in [6, 6.07) is 17.7. The van der Waals surface area contributed by atoms with Crippen molar-refractivity contribution in [1.29, 1.82) is 0 Å². The first kappa shape index (κ1) is 19.0. The number of para-hydroxylation sites is 1. The van der Waals surface area contributed by atoms with Crippen LogP contribution in [0.15, 0.2) is 65.5 Å². The molecule has 1 aliphatic rings. The van der Waals surface area contributed by atoms with E-state index >= 15 is 0 Å². The topological polar surface area (TPSA) is 85.6 Å². The number of aromatic hydroxyl groups is 1. The van der Waals surface area contributed by atoms with Crippen molar-refractivity contribution in [2.45, 2.75) is 12.5 Å². The zero-order chi connectivity index (χ0) is 21.5. The Morgan fingerprint density at radius 3 is 2.48 bits per heavy atom. The predicted molar refractivity (Wildman–Crippen MR) is 118 cm³/mol. The maximum atomic E-state index is 13.3. The largest absolute Gasteiger partial charge is 0.508 e. The fraction of sp³-hybridized carbons (Fsp3) is 0.167. The van der Waals surface area contributed by atoms with Crippen LogP contribution in [-0.4, -0.2) is 29.0 Å². The number of nitrogens with zero attached hydrogens (tertiary/aromatic N) is 2. The minimum atomic E-state index is -0.364. The smallest absolute Gasteiger partial charge is 0.279 e. The Hall–Kier alpha value is -4.00. The van der Waals surface area contributed by atoms with E-state index in [1.54, 1.807) is 32.4 Å². The first-order valence-electron chi connectivity index (χ1n) is 9.90. The van der Waals surface area contributed by atoms with Crippen molar-refractivity contribution in [2.24, 2.45) is 0 Å². The van der Waals surface area contributed by atoms with Crippen LogP contribution >= 0.6 is 0 Å². The van der Waals surface area contributed by atoms with E-state index in [1.165, 1.54) is 4.68 Å². The highest BCUT2D eigenvalue weighted by atomic mass is 16.5. The van der Waals surface area contributed by atoms with Crippen LogP contribution in [0, 0.1) is 0 Å². The van der Waals surface area contributed by atoms with Crippen molar-refractivity contribution in [3.05, 3.63) is 93.5 Å². The molecule has 0 amide bonds. The number of benzene rings is 3. The van der Waals surface area contributed by atoms with Crippen LogP contribution in [0.2, 0.25) is 0 Å². The second-order valence-corrected chi connectivity index (χ2v) is 7.42. The lowest BCUT2D eigenvalue weighted by molar-refractivity contribution is 0.354. The summed E-state index contributed by atoms with van der Waals surface area (Å²) in [6.45, 7) is 0. The summed E-state index contributed by atoms with van der Waals surface area (Å²) in [5.74, 6) is 2.00. The average molecular weight is 415 g/mol. The van der Waals surface area contributed by atoms with E-state index in [9.17, 15) is 9.90 Å². The maximum Gasteiger partial charge on any atom is 0.279 e. The fourth-order valence-electron chi connectivity index (χ4n) is 4.08. The molecule has 1 aromatic heterocycles. The third-order valence-electron chi connectivity index (χ3n) is 5.63. The minimum absolute atomic E-state index is 0.156. The molecule has 1 atom stereocenters. The van der Waals surface area contributed by atoms with E-state index < -0.39 is 0 Å². The molecule has 0 saturated carbocycles. The van der Waals surface area contributed by atoms with Crippen LogP contribution in [0.1, 0.15) is 28.6 Å². The van der Waals surface area contributed by atoms with Crippen molar-refractivity contribution < 1.29 is 14.6 Å². The number of phenolic OH excluding ortho intramolecular Hbond substituents is 1. The standard InChI is InChI=1S/C24H21N3O4/c1-30-20-11-15-12-22-25-19-6-4-3-5-17(19)24(29)27(22)26-23(18(15)13-21(20)31-2)14-7-9-16(28)10-8-14/h3-11,13,23,26,28H,12H2,1-2H3/t23-/m1/s1. The van der Waals surface area contributed by atoms with Crippen molar-refractivity contribution in [3.63, 3.8) is 0 Å². The number of ether oxygens (including phenoxy) is 2. The van der Waals surface area contributed by atoms with Gasteiger partial charge >= 0.3 is 0 Å². The van der Waals surface area contributed by atoms with Gasteiger partial charge in [0, 0.05) is 6.42 Å². The van der Waals surface area contributed by atoms with Crippen LogP contribution in [0.25, 0.3) is 10.9 Å². The van der Waals surface area contributed by atoms with E-state index in [-0.39, 0.29) is 17.4 Å². The number of nitrogens with one attached hydrogen (secondary N) is 1. The number of hydrogen-bond acceptors (Lipinski definition) is 6. The van der Waals surface area contributed by atoms with Crippen LogP contribution in [0.3, 0.4) is 0 Å². The normalized spacial score (nSPS) is 14.8. The van der Waals surface area contributed by atoms with Crippen molar-refractivity contribution in [3.8, 4) is 17.2 Å². The highest BCUT2D eigenvalue weighted by Crippen LogP contribution is 2.38. The summed E-state index contributed by atoms with van der Waals surface area (Å²) >= 11 is 0. The molecule has 31 heavy (non-hydrogen) atoms. The Bertz CT molecular complexity index is 1350. The van der Waals surface area contributed by atoms with Gasteiger partial charge in [-0.05, 0) is 53.1 Å². The molecule has 2 N–H and O–H groups in total. The van der Waals surface area contributed by atoms with Crippen LogP contribution in [-0.2, 0) is 6.42 Å². The molecule has 156 valence electrons. The molecule has 0 unspecified atom stereocenters. The quantitative estimate of drug-likeness (QED) is 0.534. The zero-order valence-electron chi connectivity index (χ0n) is 17.1. The monoisotopic (exact) mass is 415 g/mol. The summed E-state index contributed by atoms with van der Waals surface area (Å²) in [5, 5.41) is 10.3. The van der Waals surface area contributed by atoms with Crippen molar-refractivity contribution >= 4 is 10.9 Å². The summed E-state index contributed by atoms with van der Waals surface area (Å²) in [6.07, 6.45) is 0.442. The van der Waals surface area contributed by atoms with Gasteiger partial charge in [-0.2, -0.15) is 0 Å². The Labute approximate surface area is 178 Å². The van der Waals surface area contributed by atoms with E-state index in [0.29, 0.717) is 34.6 Å². The summed E-state index contributed by atoms with van der Waals surface area (Å²) < 4.78 is 12.6. The number of aromatic nitrogens is 2. The van der Waals surface area contributed by atoms with Gasteiger partial charge in [0.25, 0.3) is 5.56 Å². The third kappa shape index (κ3) is 3.15. The van der Waals surface area contributed by atoms with E-state index in [4.69, 9.17) is 14.5 Å². The van der Waals surface area contributed by atoms with Gasteiger partial charge in [0.15, 0.2) is 11.5 Å². The molecule has 0 saturated heterocycles. The van der Waals surface area contributed by atoms with E-state index in [2.05, 4.69) is 5.43 Å². The SMILES string of the molecule is COc1cc2c(cc1OC)[C@@H](c1ccc(O)cc1)Nn1c(nc3ccccc3c1=O)C2. The Kier molecular flexibility index (Phi) is 4.51. The lowest BCUT2D eigenvalue weighted by atomic mass is 9.93. The number of fused-ring (bicyclic) bond motifs is 3. The van der Waals surface area contributed by atoms with Crippen LogP contribution in [0.5, 0.6) is 17.2 Å². The number of rotatable bonds is 3. The molecule has 1 aliphatic heterocycles. The Morgan fingerprint density at radius 2 is 1.74 bits per heavy atom. The molecule has 0 fully saturated rings. The predicted octanol–water partition coefficient (Wildman–Crippen LogP) is 3.36.